The molecule has 138 valence electrons. The molecular weight excluding hydrogens is 372 g/mol. The molecule has 0 aliphatic heterocycles. The first kappa shape index (κ1) is 16.8. The molecule has 5 rings (SSSR count). The lowest BCUT2D eigenvalue weighted by Crippen LogP contribution is -2.11. The van der Waals surface area contributed by atoms with Crippen molar-refractivity contribution in [1.82, 2.24) is 25.2 Å². The van der Waals surface area contributed by atoms with Gasteiger partial charge in [0.15, 0.2) is 5.13 Å². The molecule has 1 amide bonds. The summed E-state index contributed by atoms with van der Waals surface area (Å²) in [5.41, 5.74) is 6.18. The molecule has 0 unspecified atom stereocenters. The van der Waals surface area contributed by atoms with Crippen LogP contribution in [0.3, 0.4) is 0 Å². The summed E-state index contributed by atoms with van der Waals surface area (Å²) in [5, 5.41) is 16.5. The summed E-state index contributed by atoms with van der Waals surface area (Å²) in [4.78, 5) is 17.1. The molecule has 7 nitrogen and oxygen atoms in total. The Labute approximate surface area is 165 Å². The molecule has 4 aromatic rings. The SMILES string of the molecule is O=C(Nc1nc(-c2ccc3c(c2)CCC3)cs1)c1ccc(-n2cnnn2)cc1. The van der Waals surface area contributed by atoms with Gasteiger partial charge in [-0.2, -0.15) is 0 Å². The highest BCUT2D eigenvalue weighted by Crippen LogP contribution is 2.30. The summed E-state index contributed by atoms with van der Waals surface area (Å²) in [6.07, 6.45) is 5.03. The smallest absolute Gasteiger partial charge is 0.257 e. The fraction of sp³-hybridized carbons (Fsp3) is 0.150. The van der Waals surface area contributed by atoms with E-state index in [1.54, 1.807) is 24.3 Å². The molecule has 0 saturated carbocycles. The quantitative estimate of drug-likeness (QED) is 0.578. The number of anilines is 1. The van der Waals surface area contributed by atoms with Crippen LogP contribution in [0.4, 0.5) is 5.13 Å². The number of rotatable bonds is 4. The second-order valence-corrected chi connectivity index (χ2v) is 7.49. The maximum Gasteiger partial charge on any atom is 0.257 e. The van der Waals surface area contributed by atoms with Crippen molar-refractivity contribution >= 4 is 22.4 Å². The number of nitrogens with zero attached hydrogens (tertiary/aromatic N) is 5. The highest BCUT2D eigenvalue weighted by Gasteiger charge is 2.14. The van der Waals surface area contributed by atoms with Crippen LogP contribution in [0.15, 0.2) is 54.2 Å². The van der Waals surface area contributed by atoms with Gasteiger partial charge in [0.25, 0.3) is 5.91 Å². The van der Waals surface area contributed by atoms with Crippen molar-refractivity contribution in [1.29, 1.82) is 0 Å². The van der Waals surface area contributed by atoms with Crippen molar-refractivity contribution in [2.75, 3.05) is 5.32 Å². The molecule has 28 heavy (non-hydrogen) atoms. The van der Waals surface area contributed by atoms with E-state index in [9.17, 15) is 4.79 Å². The van der Waals surface area contributed by atoms with Crippen molar-refractivity contribution in [2.24, 2.45) is 0 Å². The Morgan fingerprint density at radius 2 is 1.93 bits per heavy atom. The molecule has 0 radical (unpaired) electrons. The van der Waals surface area contributed by atoms with Crippen LogP contribution < -0.4 is 5.32 Å². The Hall–Kier alpha value is -3.39. The molecule has 0 saturated heterocycles. The van der Waals surface area contributed by atoms with E-state index in [0.717, 1.165) is 23.4 Å². The van der Waals surface area contributed by atoms with Crippen LogP contribution in [0.25, 0.3) is 16.9 Å². The van der Waals surface area contributed by atoms with E-state index >= 15 is 0 Å². The van der Waals surface area contributed by atoms with Crippen LogP contribution in [0.2, 0.25) is 0 Å². The predicted octanol–water partition coefficient (Wildman–Crippen LogP) is 3.53. The number of carbonyl (C=O) groups is 1. The summed E-state index contributed by atoms with van der Waals surface area (Å²) in [5.74, 6) is -0.196. The maximum absolute atomic E-state index is 12.5. The number of nitrogens with one attached hydrogen (secondary N) is 1. The van der Waals surface area contributed by atoms with E-state index in [1.165, 1.54) is 46.3 Å². The van der Waals surface area contributed by atoms with Gasteiger partial charge in [-0.1, -0.05) is 12.1 Å². The molecule has 1 N–H and O–H groups in total. The van der Waals surface area contributed by atoms with Crippen LogP contribution >= 0.6 is 11.3 Å². The molecule has 2 heterocycles. The van der Waals surface area contributed by atoms with Crippen LogP contribution in [0.1, 0.15) is 27.9 Å². The van der Waals surface area contributed by atoms with Gasteiger partial charge in [-0.15, -0.1) is 16.4 Å². The maximum atomic E-state index is 12.5. The van der Waals surface area contributed by atoms with E-state index in [2.05, 4.69) is 44.0 Å². The Balaban J connectivity index is 1.31. The van der Waals surface area contributed by atoms with Crippen molar-refractivity contribution in [3.8, 4) is 16.9 Å². The van der Waals surface area contributed by atoms with Gasteiger partial charge in [-0.3, -0.25) is 10.1 Å². The van der Waals surface area contributed by atoms with Gasteiger partial charge in [-0.25, -0.2) is 9.67 Å². The van der Waals surface area contributed by atoms with Gasteiger partial charge in [-0.05, 0) is 71.1 Å². The van der Waals surface area contributed by atoms with Crippen LogP contribution in [0, 0.1) is 0 Å². The molecule has 8 heteroatoms. The first-order chi connectivity index (χ1) is 13.8. The second kappa shape index (κ2) is 6.97. The number of hydrogen-bond donors (Lipinski definition) is 1. The summed E-state index contributed by atoms with van der Waals surface area (Å²) >= 11 is 1.43. The van der Waals surface area contributed by atoms with E-state index < -0.39 is 0 Å². The topological polar surface area (TPSA) is 85.6 Å². The molecule has 0 atom stereocenters. The van der Waals surface area contributed by atoms with Crippen LogP contribution in [0.5, 0.6) is 0 Å². The fourth-order valence-electron chi connectivity index (χ4n) is 3.41. The highest BCUT2D eigenvalue weighted by atomic mass is 32.1. The van der Waals surface area contributed by atoms with Gasteiger partial charge < -0.3 is 0 Å². The minimum absolute atomic E-state index is 0.196. The predicted molar refractivity (Wildman–Crippen MR) is 107 cm³/mol. The Kier molecular flexibility index (Phi) is 4.17. The third kappa shape index (κ3) is 3.18. The Bertz CT molecular complexity index is 1130. The van der Waals surface area contributed by atoms with Crippen molar-refractivity contribution in [3.63, 3.8) is 0 Å². The van der Waals surface area contributed by atoms with Gasteiger partial charge >= 0.3 is 0 Å². The second-order valence-electron chi connectivity index (χ2n) is 6.63. The zero-order valence-corrected chi connectivity index (χ0v) is 15.7. The van der Waals surface area contributed by atoms with Crippen LogP contribution in [-0.2, 0) is 12.8 Å². The standard InChI is InChI=1S/C20H16N6OS/c27-19(14-6-8-17(9-7-14)26-12-21-24-25-26)23-20-22-18(11-28-20)16-5-4-13-2-1-3-15(13)10-16/h4-12H,1-3H2,(H,22,23,27). The summed E-state index contributed by atoms with van der Waals surface area (Å²) in [7, 11) is 0. The lowest BCUT2D eigenvalue weighted by molar-refractivity contribution is 0.102. The molecule has 0 bridgehead atoms. The van der Waals surface area contributed by atoms with Crippen molar-refractivity contribution in [3.05, 3.63) is 70.9 Å². The highest BCUT2D eigenvalue weighted by molar-refractivity contribution is 7.14. The minimum atomic E-state index is -0.196. The zero-order valence-electron chi connectivity index (χ0n) is 14.9. The molecule has 1 aliphatic rings. The van der Waals surface area contributed by atoms with Crippen molar-refractivity contribution < 1.29 is 4.79 Å². The molecule has 2 aromatic heterocycles. The number of tetrazole rings is 1. The molecule has 0 spiro atoms. The summed E-state index contributed by atoms with van der Waals surface area (Å²) in [6.45, 7) is 0. The Morgan fingerprint density at radius 3 is 2.75 bits per heavy atom. The van der Waals surface area contributed by atoms with Gasteiger partial charge in [0.2, 0.25) is 0 Å². The monoisotopic (exact) mass is 388 g/mol. The van der Waals surface area contributed by atoms with E-state index in [4.69, 9.17) is 0 Å². The van der Waals surface area contributed by atoms with Crippen molar-refractivity contribution in [2.45, 2.75) is 19.3 Å². The first-order valence-corrected chi connectivity index (χ1v) is 9.87. The lowest BCUT2D eigenvalue weighted by atomic mass is 10.1. The largest absolute Gasteiger partial charge is 0.298 e. The molecule has 0 fully saturated rings. The van der Waals surface area contributed by atoms with Gasteiger partial charge in [0, 0.05) is 16.5 Å². The number of thiazole rings is 1. The lowest BCUT2D eigenvalue weighted by Gasteiger charge is -2.04. The van der Waals surface area contributed by atoms with E-state index in [0.29, 0.717) is 10.7 Å². The molecular formula is C20H16N6OS. The summed E-state index contributed by atoms with van der Waals surface area (Å²) in [6, 6.07) is 13.6. The average Bonchev–Trinajstić information content (AvgIpc) is 3.48. The number of fused-ring (bicyclic) bond motifs is 1. The number of hydrogen-bond acceptors (Lipinski definition) is 6. The fourth-order valence-corrected chi connectivity index (χ4v) is 4.12. The number of benzene rings is 2. The molecule has 2 aromatic carbocycles. The first-order valence-electron chi connectivity index (χ1n) is 8.99. The summed E-state index contributed by atoms with van der Waals surface area (Å²) < 4.78 is 1.53. The molecule has 1 aliphatic carbocycles. The Morgan fingerprint density at radius 1 is 1.07 bits per heavy atom. The van der Waals surface area contributed by atoms with Gasteiger partial charge in [0.05, 0.1) is 11.4 Å². The zero-order chi connectivity index (χ0) is 18.9. The number of aromatic nitrogens is 5. The average molecular weight is 388 g/mol. The van der Waals surface area contributed by atoms with Crippen LogP contribution in [-0.4, -0.2) is 31.1 Å². The van der Waals surface area contributed by atoms with E-state index in [-0.39, 0.29) is 5.91 Å². The normalized spacial score (nSPS) is 12.7. The van der Waals surface area contributed by atoms with E-state index in [1.807, 2.05) is 5.38 Å². The third-order valence-electron chi connectivity index (χ3n) is 4.86. The number of carbonyl (C=O) groups excluding carboxylic acids is 1. The van der Waals surface area contributed by atoms with Gasteiger partial charge in [0.1, 0.15) is 6.33 Å². The number of amides is 1. The number of aryl methyl sites for hydroxylation is 2. The third-order valence-corrected chi connectivity index (χ3v) is 5.62. The minimum Gasteiger partial charge on any atom is -0.298 e.